The molecule has 0 radical (unpaired) electrons. The zero-order valence-electron chi connectivity index (χ0n) is 12.1. The second-order valence-corrected chi connectivity index (χ2v) is 7.28. The van der Waals surface area contributed by atoms with E-state index in [1.54, 1.807) is 6.07 Å². The van der Waals surface area contributed by atoms with Crippen LogP contribution in [0.5, 0.6) is 0 Å². The van der Waals surface area contributed by atoms with Crippen molar-refractivity contribution in [1.82, 2.24) is 5.32 Å². The SMILES string of the molecule is CCNCCC(C)(C)CCc1c(Cl)cc(Cl)c(Cl)c1Cl. The predicted molar refractivity (Wildman–Crippen MR) is 91.7 cm³/mol. The highest BCUT2D eigenvalue weighted by molar-refractivity contribution is 6.49. The summed E-state index contributed by atoms with van der Waals surface area (Å²) in [6.07, 6.45) is 2.90. The maximum absolute atomic E-state index is 6.25. The first-order valence-electron chi connectivity index (χ1n) is 6.81. The Bertz CT molecular complexity index is 458. The highest BCUT2D eigenvalue weighted by Crippen LogP contribution is 2.39. The van der Waals surface area contributed by atoms with Gasteiger partial charge in [-0.15, -0.1) is 0 Å². The zero-order chi connectivity index (χ0) is 15.3. The molecule has 0 bridgehead atoms. The Kier molecular flexibility index (Phi) is 7.45. The molecule has 0 saturated carbocycles. The van der Waals surface area contributed by atoms with Crippen molar-refractivity contribution >= 4 is 46.4 Å². The van der Waals surface area contributed by atoms with Crippen LogP contribution in [0.25, 0.3) is 0 Å². The van der Waals surface area contributed by atoms with Gasteiger partial charge in [-0.2, -0.15) is 0 Å². The largest absolute Gasteiger partial charge is 0.317 e. The van der Waals surface area contributed by atoms with Gasteiger partial charge >= 0.3 is 0 Å². The van der Waals surface area contributed by atoms with Crippen molar-refractivity contribution in [3.05, 3.63) is 31.7 Å². The molecule has 0 aliphatic heterocycles. The predicted octanol–water partition coefficient (Wildman–Crippen LogP) is 6.26. The molecule has 1 rings (SSSR count). The molecule has 1 N–H and O–H groups in total. The van der Waals surface area contributed by atoms with E-state index in [9.17, 15) is 0 Å². The van der Waals surface area contributed by atoms with Gasteiger partial charge in [0.05, 0.1) is 15.1 Å². The summed E-state index contributed by atoms with van der Waals surface area (Å²) in [4.78, 5) is 0. The number of nitrogens with one attached hydrogen (secondary N) is 1. The van der Waals surface area contributed by atoms with Gasteiger partial charge in [0.2, 0.25) is 0 Å². The zero-order valence-corrected chi connectivity index (χ0v) is 15.1. The number of halogens is 4. The van der Waals surface area contributed by atoms with Crippen LogP contribution in [0.3, 0.4) is 0 Å². The minimum atomic E-state index is 0.223. The molecule has 0 heterocycles. The van der Waals surface area contributed by atoms with Crippen molar-refractivity contribution in [1.29, 1.82) is 0 Å². The van der Waals surface area contributed by atoms with E-state index in [0.29, 0.717) is 20.1 Å². The van der Waals surface area contributed by atoms with E-state index in [2.05, 4.69) is 26.1 Å². The molecule has 114 valence electrons. The Labute approximate surface area is 141 Å². The van der Waals surface area contributed by atoms with Crippen molar-refractivity contribution in [2.45, 2.75) is 40.0 Å². The lowest BCUT2D eigenvalue weighted by Crippen LogP contribution is -2.22. The second kappa shape index (κ2) is 8.10. The third-order valence-electron chi connectivity index (χ3n) is 3.49. The van der Waals surface area contributed by atoms with Crippen LogP contribution in [-0.4, -0.2) is 13.1 Å². The van der Waals surface area contributed by atoms with E-state index in [0.717, 1.165) is 37.9 Å². The van der Waals surface area contributed by atoms with E-state index in [-0.39, 0.29) is 5.41 Å². The van der Waals surface area contributed by atoms with Crippen LogP contribution >= 0.6 is 46.4 Å². The summed E-state index contributed by atoms with van der Waals surface area (Å²) in [6.45, 7) is 8.64. The van der Waals surface area contributed by atoms with Crippen LogP contribution in [-0.2, 0) is 6.42 Å². The average molecular weight is 357 g/mol. The summed E-state index contributed by atoms with van der Waals surface area (Å²) in [5.41, 5.74) is 1.11. The minimum absolute atomic E-state index is 0.223. The topological polar surface area (TPSA) is 12.0 Å². The molecule has 0 unspecified atom stereocenters. The average Bonchev–Trinajstić information content (AvgIpc) is 2.36. The first-order valence-corrected chi connectivity index (χ1v) is 8.32. The molecule has 1 nitrogen and oxygen atoms in total. The van der Waals surface area contributed by atoms with Crippen molar-refractivity contribution in [2.24, 2.45) is 5.41 Å². The summed E-state index contributed by atoms with van der Waals surface area (Å²) in [7, 11) is 0. The molecule has 1 aromatic rings. The Morgan fingerprint density at radius 2 is 1.65 bits per heavy atom. The van der Waals surface area contributed by atoms with Gasteiger partial charge in [-0.05, 0) is 49.4 Å². The lowest BCUT2D eigenvalue weighted by atomic mass is 9.83. The molecule has 0 aromatic heterocycles. The Hall–Kier alpha value is 0.340. The molecule has 20 heavy (non-hydrogen) atoms. The highest BCUT2D eigenvalue weighted by Gasteiger charge is 2.20. The van der Waals surface area contributed by atoms with Crippen molar-refractivity contribution in [3.8, 4) is 0 Å². The Morgan fingerprint density at radius 3 is 2.25 bits per heavy atom. The maximum atomic E-state index is 6.25. The molecule has 0 atom stereocenters. The lowest BCUT2D eigenvalue weighted by molar-refractivity contribution is 0.303. The van der Waals surface area contributed by atoms with Crippen molar-refractivity contribution < 1.29 is 0 Å². The third-order valence-corrected chi connectivity index (χ3v) is 5.13. The van der Waals surface area contributed by atoms with Gasteiger partial charge in [-0.25, -0.2) is 0 Å². The Morgan fingerprint density at radius 1 is 1.00 bits per heavy atom. The second-order valence-electron chi connectivity index (χ2n) is 5.71. The summed E-state index contributed by atoms with van der Waals surface area (Å²) >= 11 is 24.5. The molecule has 0 aliphatic rings. The summed E-state index contributed by atoms with van der Waals surface area (Å²) in [5.74, 6) is 0. The van der Waals surface area contributed by atoms with E-state index in [1.807, 2.05) is 0 Å². The number of rotatable bonds is 7. The van der Waals surface area contributed by atoms with Crippen molar-refractivity contribution in [2.75, 3.05) is 13.1 Å². The quantitative estimate of drug-likeness (QED) is 0.345. The van der Waals surface area contributed by atoms with Crippen LogP contribution in [0, 0.1) is 5.41 Å². The fourth-order valence-electron chi connectivity index (χ4n) is 2.02. The van der Waals surface area contributed by atoms with Crippen LogP contribution in [0.1, 0.15) is 39.2 Å². The van der Waals surface area contributed by atoms with Gasteiger partial charge < -0.3 is 5.32 Å². The van der Waals surface area contributed by atoms with Gasteiger partial charge in [0.15, 0.2) is 0 Å². The molecule has 0 aliphatic carbocycles. The van der Waals surface area contributed by atoms with Crippen LogP contribution in [0.4, 0.5) is 0 Å². The van der Waals surface area contributed by atoms with Crippen LogP contribution in [0.2, 0.25) is 20.1 Å². The number of hydrogen-bond donors (Lipinski definition) is 1. The molecule has 0 amide bonds. The molecular weight excluding hydrogens is 336 g/mol. The summed E-state index contributed by atoms with van der Waals surface area (Å²) in [5, 5.41) is 5.21. The molecule has 0 spiro atoms. The standard InChI is InChI=1S/C15H21Cl4N/c1-4-20-8-7-15(2,3)6-5-10-11(16)9-12(17)14(19)13(10)18/h9,20H,4-8H2,1-3H3. The molecule has 0 saturated heterocycles. The van der Waals surface area contributed by atoms with Gasteiger partial charge in [0.25, 0.3) is 0 Å². The van der Waals surface area contributed by atoms with Gasteiger partial charge in [-0.3, -0.25) is 0 Å². The molecule has 0 fully saturated rings. The smallest absolute Gasteiger partial charge is 0.0782 e. The maximum Gasteiger partial charge on any atom is 0.0782 e. The van der Waals surface area contributed by atoms with Crippen LogP contribution < -0.4 is 5.32 Å². The molecular formula is C15H21Cl4N. The fourth-order valence-corrected chi connectivity index (χ4v) is 3.15. The monoisotopic (exact) mass is 355 g/mol. The first-order chi connectivity index (χ1) is 9.28. The third kappa shape index (κ3) is 5.27. The number of hydrogen-bond acceptors (Lipinski definition) is 1. The first kappa shape index (κ1) is 18.4. The van der Waals surface area contributed by atoms with Gasteiger partial charge in [-0.1, -0.05) is 67.2 Å². The fraction of sp³-hybridized carbons (Fsp3) is 0.600. The molecule has 5 heteroatoms. The van der Waals surface area contributed by atoms with Gasteiger partial charge in [0, 0.05) is 5.02 Å². The van der Waals surface area contributed by atoms with E-state index < -0.39 is 0 Å². The highest BCUT2D eigenvalue weighted by atomic mass is 35.5. The van der Waals surface area contributed by atoms with E-state index >= 15 is 0 Å². The molecule has 1 aromatic carbocycles. The minimum Gasteiger partial charge on any atom is -0.317 e. The lowest BCUT2D eigenvalue weighted by Gasteiger charge is -2.25. The van der Waals surface area contributed by atoms with Gasteiger partial charge in [0.1, 0.15) is 0 Å². The van der Waals surface area contributed by atoms with E-state index in [1.165, 1.54) is 0 Å². The normalized spacial score (nSPS) is 11.9. The summed E-state index contributed by atoms with van der Waals surface area (Å²) < 4.78 is 0. The Balaban J connectivity index is 2.72. The summed E-state index contributed by atoms with van der Waals surface area (Å²) in [6, 6.07) is 1.66. The van der Waals surface area contributed by atoms with Crippen molar-refractivity contribution in [3.63, 3.8) is 0 Å². The van der Waals surface area contributed by atoms with Crippen LogP contribution in [0.15, 0.2) is 6.07 Å². The number of benzene rings is 1. The van der Waals surface area contributed by atoms with E-state index in [4.69, 9.17) is 46.4 Å².